The zero-order valence-corrected chi connectivity index (χ0v) is 18.6. The van der Waals surface area contributed by atoms with E-state index in [-0.39, 0.29) is 11.1 Å². The lowest BCUT2D eigenvalue weighted by Crippen LogP contribution is -2.46. The number of aryl methyl sites for hydroxylation is 1. The third-order valence-electron chi connectivity index (χ3n) is 6.57. The number of nitrogens with one attached hydrogen (secondary N) is 1. The number of thioether (sulfide) groups is 1. The van der Waals surface area contributed by atoms with E-state index in [1.165, 1.54) is 6.42 Å². The predicted molar refractivity (Wildman–Crippen MR) is 123 cm³/mol. The van der Waals surface area contributed by atoms with E-state index in [0.717, 1.165) is 68.0 Å². The van der Waals surface area contributed by atoms with E-state index in [2.05, 4.69) is 20.3 Å². The van der Waals surface area contributed by atoms with Gasteiger partial charge in [-0.05, 0) is 43.5 Å². The van der Waals surface area contributed by atoms with Crippen molar-refractivity contribution in [1.82, 2.24) is 24.2 Å². The van der Waals surface area contributed by atoms with Gasteiger partial charge in [0.1, 0.15) is 0 Å². The summed E-state index contributed by atoms with van der Waals surface area (Å²) >= 11 is 1.87. The molecule has 0 radical (unpaired) electrons. The van der Waals surface area contributed by atoms with Gasteiger partial charge in [0.2, 0.25) is 0 Å². The highest BCUT2D eigenvalue weighted by atomic mass is 32.2. The number of fused-ring (bicyclic) bond motifs is 1. The fourth-order valence-electron chi connectivity index (χ4n) is 4.62. The Labute approximate surface area is 186 Å². The predicted octanol–water partition coefficient (Wildman–Crippen LogP) is 1.89. The molecule has 3 aliphatic rings. The maximum absolute atomic E-state index is 12.6. The molecule has 0 bridgehead atoms. The molecule has 1 unspecified atom stereocenters. The van der Waals surface area contributed by atoms with Crippen LogP contribution in [0.2, 0.25) is 0 Å². The molecule has 1 atom stereocenters. The van der Waals surface area contributed by atoms with E-state index in [0.29, 0.717) is 31.0 Å². The summed E-state index contributed by atoms with van der Waals surface area (Å²) in [5.74, 6) is 2.42. The highest BCUT2D eigenvalue weighted by Gasteiger charge is 2.26. The minimum Gasteiger partial charge on any atom is -0.364 e. The molecule has 5 rings (SSSR count). The molecule has 1 aliphatic carbocycles. The van der Waals surface area contributed by atoms with Crippen molar-refractivity contribution in [2.24, 2.45) is 0 Å². The van der Waals surface area contributed by atoms with Gasteiger partial charge in [-0.2, -0.15) is 16.9 Å². The molecule has 9 heteroatoms. The summed E-state index contributed by atoms with van der Waals surface area (Å²) in [5, 5.41) is 7.97. The Bertz CT molecular complexity index is 1050. The minimum atomic E-state index is -0.0182. The molecule has 166 valence electrons. The fraction of sp³-hybridized carbons (Fsp3) is 0.636. The molecule has 8 nitrogen and oxygen atoms in total. The Balaban J connectivity index is 1.23. The molecule has 2 aromatic heterocycles. The maximum atomic E-state index is 12.6. The molecule has 0 amide bonds. The molecular formula is C22H30N6O2S. The van der Waals surface area contributed by atoms with Crippen molar-refractivity contribution in [1.29, 1.82) is 0 Å². The summed E-state index contributed by atoms with van der Waals surface area (Å²) in [7, 11) is 0. The maximum Gasteiger partial charge on any atom is 0.293 e. The molecule has 2 fully saturated rings. The number of hydrogen-bond acceptors (Lipinski definition) is 7. The lowest BCUT2D eigenvalue weighted by Gasteiger charge is -2.35. The molecule has 2 aromatic rings. The Kier molecular flexibility index (Phi) is 6.13. The van der Waals surface area contributed by atoms with Crippen LogP contribution in [0.15, 0.2) is 28.0 Å². The van der Waals surface area contributed by atoms with Gasteiger partial charge in [-0.25, -0.2) is 9.67 Å². The average molecular weight is 443 g/mol. The van der Waals surface area contributed by atoms with Crippen molar-refractivity contribution < 1.29 is 0 Å². The zero-order valence-electron chi connectivity index (χ0n) is 17.8. The fourth-order valence-corrected chi connectivity index (χ4v) is 5.57. The average Bonchev–Trinajstić information content (AvgIpc) is 3.63. The van der Waals surface area contributed by atoms with Crippen LogP contribution in [0, 0.1) is 0 Å². The minimum absolute atomic E-state index is 0.00190. The van der Waals surface area contributed by atoms with E-state index in [1.54, 1.807) is 27.7 Å². The highest BCUT2D eigenvalue weighted by molar-refractivity contribution is 7.98. The van der Waals surface area contributed by atoms with Gasteiger partial charge in [-0.3, -0.25) is 14.5 Å². The van der Waals surface area contributed by atoms with Crippen molar-refractivity contribution in [3.63, 3.8) is 0 Å². The third kappa shape index (κ3) is 4.72. The van der Waals surface area contributed by atoms with Crippen molar-refractivity contribution in [3.8, 4) is 0 Å². The van der Waals surface area contributed by atoms with Crippen LogP contribution in [-0.2, 0) is 18.7 Å². The standard InChI is InChI=1S/C22H30N6O2S/c29-20-13-16-15-31-12-6-19(16)25-28(20)11-10-26-8-2-1-3-18(26)14-24-21-22(30)27(9-7-23-21)17-4-5-17/h7,9,13,17-18H,1-6,8,10-12,14-15H2,(H,23,24). The van der Waals surface area contributed by atoms with E-state index < -0.39 is 0 Å². The van der Waals surface area contributed by atoms with Crippen molar-refractivity contribution in [2.75, 3.05) is 30.7 Å². The van der Waals surface area contributed by atoms with Gasteiger partial charge < -0.3 is 9.88 Å². The molecule has 1 saturated carbocycles. The van der Waals surface area contributed by atoms with Crippen LogP contribution in [0.1, 0.15) is 49.4 Å². The van der Waals surface area contributed by atoms with Crippen molar-refractivity contribution >= 4 is 17.6 Å². The molecular weight excluding hydrogens is 412 g/mol. The van der Waals surface area contributed by atoms with Crippen LogP contribution in [0.25, 0.3) is 0 Å². The molecule has 1 saturated heterocycles. The van der Waals surface area contributed by atoms with E-state index in [9.17, 15) is 9.59 Å². The van der Waals surface area contributed by atoms with E-state index in [1.807, 2.05) is 11.8 Å². The Morgan fingerprint density at radius 1 is 1.16 bits per heavy atom. The number of aromatic nitrogens is 4. The second-order valence-corrected chi connectivity index (χ2v) is 9.87. The molecule has 1 N–H and O–H groups in total. The van der Waals surface area contributed by atoms with E-state index >= 15 is 0 Å². The van der Waals surface area contributed by atoms with Gasteiger partial charge in [0.05, 0.1) is 12.2 Å². The number of hydrogen-bond donors (Lipinski definition) is 1. The Hall–Kier alpha value is -2.13. The molecule has 4 heterocycles. The summed E-state index contributed by atoms with van der Waals surface area (Å²) in [4.78, 5) is 31.9. The molecule has 0 aromatic carbocycles. The van der Waals surface area contributed by atoms with Crippen LogP contribution >= 0.6 is 11.8 Å². The number of anilines is 1. The van der Waals surface area contributed by atoms with Gasteiger partial charge in [0.25, 0.3) is 11.1 Å². The number of likely N-dealkylation sites (tertiary alicyclic amines) is 1. The lowest BCUT2D eigenvalue weighted by atomic mass is 10.0. The van der Waals surface area contributed by atoms with Gasteiger partial charge in [-0.15, -0.1) is 0 Å². The van der Waals surface area contributed by atoms with Crippen LogP contribution in [0.5, 0.6) is 0 Å². The number of piperidine rings is 1. The van der Waals surface area contributed by atoms with Crippen LogP contribution < -0.4 is 16.4 Å². The second-order valence-electron chi connectivity index (χ2n) is 8.77. The van der Waals surface area contributed by atoms with Crippen LogP contribution in [0.3, 0.4) is 0 Å². The highest BCUT2D eigenvalue weighted by Crippen LogP contribution is 2.33. The SMILES string of the molecule is O=c1c(NCC2CCCCN2CCn2nc3c(cc2=O)CSCC3)nccn1C1CC1. The van der Waals surface area contributed by atoms with Crippen LogP contribution in [-0.4, -0.2) is 55.7 Å². The third-order valence-corrected chi connectivity index (χ3v) is 7.57. The van der Waals surface area contributed by atoms with Gasteiger partial charge in [-0.1, -0.05) is 6.42 Å². The quantitative estimate of drug-likeness (QED) is 0.701. The zero-order chi connectivity index (χ0) is 21.2. The van der Waals surface area contributed by atoms with Crippen molar-refractivity contribution in [3.05, 3.63) is 50.4 Å². The normalized spacial score (nSPS) is 21.6. The summed E-state index contributed by atoms with van der Waals surface area (Å²) < 4.78 is 3.45. The van der Waals surface area contributed by atoms with Crippen molar-refractivity contribution in [2.45, 2.75) is 62.9 Å². The second kappa shape index (κ2) is 9.16. The lowest BCUT2D eigenvalue weighted by molar-refractivity contribution is 0.147. The summed E-state index contributed by atoms with van der Waals surface area (Å²) in [6.45, 7) is 3.10. The summed E-state index contributed by atoms with van der Waals surface area (Å²) in [5.41, 5.74) is 2.17. The molecule has 2 aliphatic heterocycles. The first-order valence-corrected chi connectivity index (χ1v) is 12.6. The Morgan fingerprint density at radius 3 is 2.94 bits per heavy atom. The topological polar surface area (TPSA) is 85.1 Å². The first-order valence-electron chi connectivity index (χ1n) is 11.4. The van der Waals surface area contributed by atoms with Gasteiger partial charge >= 0.3 is 0 Å². The first-order chi connectivity index (χ1) is 15.2. The van der Waals surface area contributed by atoms with Gasteiger partial charge in [0.15, 0.2) is 5.82 Å². The summed E-state index contributed by atoms with van der Waals surface area (Å²) in [6.07, 6.45) is 10.0. The monoisotopic (exact) mass is 442 g/mol. The molecule has 31 heavy (non-hydrogen) atoms. The Morgan fingerprint density at radius 2 is 2.06 bits per heavy atom. The summed E-state index contributed by atoms with van der Waals surface area (Å²) in [6, 6.07) is 2.45. The molecule has 0 spiro atoms. The van der Waals surface area contributed by atoms with Gasteiger partial charge in [0, 0.05) is 55.8 Å². The smallest absolute Gasteiger partial charge is 0.293 e. The first kappa shape index (κ1) is 20.8. The largest absolute Gasteiger partial charge is 0.364 e. The van der Waals surface area contributed by atoms with Crippen LogP contribution in [0.4, 0.5) is 5.82 Å². The number of rotatable bonds is 7. The van der Waals surface area contributed by atoms with E-state index in [4.69, 9.17) is 0 Å². The number of nitrogens with zero attached hydrogens (tertiary/aromatic N) is 5.